The molecule has 1 saturated heterocycles. The molecule has 1 aliphatic heterocycles. The fourth-order valence-corrected chi connectivity index (χ4v) is 4.57. The Morgan fingerprint density at radius 2 is 1.68 bits per heavy atom. The molecule has 25 heavy (non-hydrogen) atoms. The molecule has 2 fully saturated rings. The van der Waals surface area contributed by atoms with Gasteiger partial charge in [0, 0.05) is 25.0 Å². The second-order valence-corrected chi connectivity index (χ2v) is 7.87. The first-order chi connectivity index (χ1) is 12.0. The van der Waals surface area contributed by atoms with Gasteiger partial charge in [-0.3, -0.25) is 14.5 Å². The van der Waals surface area contributed by atoms with Gasteiger partial charge in [-0.1, -0.05) is 33.1 Å². The lowest BCUT2D eigenvalue weighted by Gasteiger charge is -2.39. The molecule has 0 radical (unpaired) electrons. The first-order valence-electron chi connectivity index (χ1n) is 10.3. The largest absolute Gasteiger partial charge is 0.480 e. The summed E-state index contributed by atoms with van der Waals surface area (Å²) < 4.78 is 0. The molecule has 0 unspecified atom stereocenters. The summed E-state index contributed by atoms with van der Waals surface area (Å²) in [5.41, 5.74) is 0. The zero-order valence-corrected chi connectivity index (χ0v) is 16.1. The minimum Gasteiger partial charge on any atom is -0.480 e. The monoisotopic (exact) mass is 352 g/mol. The normalized spacial score (nSPS) is 25.3. The number of rotatable bonds is 8. The molecule has 1 saturated carbocycles. The first kappa shape index (κ1) is 20.2. The van der Waals surface area contributed by atoms with Crippen LogP contribution in [0.1, 0.15) is 71.6 Å². The Bertz CT molecular complexity index is 425. The maximum absolute atomic E-state index is 12.8. The zero-order valence-electron chi connectivity index (χ0n) is 16.1. The number of unbranched alkanes of at least 4 members (excludes halogenated alkanes) is 1. The van der Waals surface area contributed by atoms with Crippen molar-refractivity contribution in [2.24, 2.45) is 11.8 Å². The second-order valence-electron chi connectivity index (χ2n) is 7.87. The van der Waals surface area contributed by atoms with Crippen molar-refractivity contribution in [3.8, 4) is 0 Å². The number of carbonyl (C=O) groups excluding carboxylic acids is 1. The highest BCUT2D eigenvalue weighted by molar-refractivity contribution is 5.79. The minimum absolute atomic E-state index is 0.108. The quantitative estimate of drug-likeness (QED) is 0.727. The van der Waals surface area contributed by atoms with Crippen LogP contribution in [0.4, 0.5) is 0 Å². The summed E-state index contributed by atoms with van der Waals surface area (Å²) in [7, 11) is 0. The van der Waals surface area contributed by atoms with Crippen LogP contribution in [0.3, 0.4) is 0 Å². The predicted molar refractivity (Wildman–Crippen MR) is 99.5 cm³/mol. The Kier molecular flexibility index (Phi) is 8.20. The van der Waals surface area contributed by atoms with Crippen molar-refractivity contribution in [3.63, 3.8) is 0 Å². The van der Waals surface area contributed by atoms with Gasteiger partial charge in [0.1, 0.15) is 0 Å². The molecule has 1 aliphatic carbocycles. The van der Waals surface area contributed by atoms with E-state index < -0.39 is 5.97 Å². The lowest BCUT2D eigenvalue weighted by molar-refractivity contribution is -0.141. The fourth-order valence-electron chi connectivity index (χ4n) is 4.57. The summed E-state index contributed by atoms with van der Waals surface area (Å²) in [6.45, 7) is 6.70. The molecule has 0 aromatic rings. The molecule has 0 spiro atoms. The van der Waals surface area contributed by atoms with E-state index in [0.717, 1.165) is 51.2 Å². The van der Waals surface area contributed by atoms with E-state index >= 15 is 0 Å². The SMILES string of the molecule is CCCCC1CCC(C(=O)N2CCC(N(CC)CC(=O)O)CC2)CC1. The molecule has 5 heteroatoms. The average molecular weight is 353 g/mol. The summed E-state index contributed by atoms with van der Waals surface area (Å²) in [5, 5.41) is 9.03. The van der Waals surface area contributed by atoms with Crippen LogP contribution in [0.2, 0.25) is 0 Å². The van der Waals surface area contributed by atoms with Crippen molar-refractivity contribution in [1.29, 1.82) is 0 Å². The van der Waals surface area contributed by atoms with E-state index in [4.69, 9.17) is 5.11 Å². The van der Waals surface area contributed by atoms with Gasteiger partial charge < -0.3 is 10.0 Å². The standard InChI is InChI=1S/C20H36N2O3/c1-3-5-6-16-7-9-17(10-8-16)20(25)22-13-11-18(12-14-22)21(4-2)15-19(23)24/h16-18H,3-15H2,1-2H3,(H,23,24). The lowest BCUT2D eigenvalue weighted by Crippen LogP contribution is -2.49. The van der Waals surface area contributed by atoms with Crippen LogP contribution in [0.15, 0.2) is 0 Å². The molecular weight excluding hydrogens is 316 g/mol. The summed E-state index contributed by atoms with van der Waals surface area (Å²) in [6.07, 6.45) is 10.3. The van der Waals surface area contributed by atoms with Crippen LogP contribution in [0.25, 0.3) is 0 Å². The van der Waals surface area contributed by atoms with Gasteiger partial charge in [0.25, 0.3) is 0 Å². The second kappa shape index (κ2) is 10.1. The van der Waals surface area contributed by atoms with Gasteiger partial charge in [-0.15, -0.1) is 0 Å². The highest BCUT2D eigenvalue weighted by atomic mass is 16.4. The Morgan fingerprint density at radius 3 is 2.20 bits per heavy atom. The number of carboxylic acid groups (broad SMARTS) is 1. The molecule has 5 nitrogen and oxygen atoms in total. The van der Waals surface area contributed by atoms with E-state index in [1.807, 2.05) is 16.7 Å². The van der Waals surface area contributed by atoms with Crippen molar-refractivity contribution in [1.82, 2.24) is 9.80 Å². The number of likely N-dealkylation sites (N-methyl/N-ethyl adjacent to an activating group) is 1. The fraction of sp³-hybridized carbons (Fsp3) is 0.900. The molecule has 2 aliphatic rings. The molecule has 1 amide bonds. The molecule has 0 aromatic heterocycles. The third kappa shape index (κ3) is 5.98. The van der Waals surface area contributed by atoms with Crippen LogP contribution in [-0.2, 0) is 9.59 Å². The number of amides is 1. The Labute approximate surface area is 152 Å². The average Bonchev–Trinajstić information content (AvgIpc) is 2.64. The van der Waals surface area contributed by atoms with Crippen LogP contribution in [0, 0.1) is 11.8 Å². The van der Waals surface area contributed by atoms with E-state index in [1.54, 1.807) is 0 Å². The van der Waals surface area contributed by atoms with Crippen molar-refractivity contribution in [2.75, 3.05) is 26.2 Å². The van der Waals surface area contributed by atoms with Crippen LogP contribution >= 0.6 is 0 Å². The third-order valence-electron chi connectivity index (χ3n) is 6.20. The van der Waals surface area contributed by atoms with E-state index in [2.05, 4.69) is 6.92 Å². The Hall–Kier alpha value is -1.10. The number of hydrogen-bond donors (Lipinski definition) is 1. The summed E-state index contributed by atoms with van der Waals surface area (Å²) >= 11 is 0. The van der Waals surface area contributed by atoms with Crippen molar-refractivity contribution in [2.45, 2.75) is 77.7 Å². The number of aliphatic carboxylic acids is 1. The molecule has 1 N–H and O–H groups in total. The highest BCUT2D eigenvalue weighted by Crippen LogP contribution is 2.33. The summed E-state index contributed by atoms with van der Waals surface area (Å²) in [5.74, 6) is 0.661. The Morgan fingerprint density at radius 1 is 1.04 bits per heavy atom. The predicted octanol–water partition coefficient (Wildman–Crippen LogP) is 3.38. The molecule has 2 rings (SSSR count). The van der Waals surface area contributed by atoms with Gasteiger partial charge in [-0.05, 0) is 51.0 Å². The summed E-state index contributed by atoms with van der Waals surface area (Å²) in [4.78, 5) is 27.9. The van der Waals surface area contributed by atoms with E-state index in [9.17, 15) is 9.59 Å². The number of carboxylic acids is 1. The van der Waals surface area contributed by atoms with Crippen LogP contribution in [0.5, 0.6) is 0 Å². The number of likely N-dealkylation sites (tertiary alicyclic amines) is 1. The van der Waals surface area contributed by atoms with Gasteiger partial charge in [0.15, 0.2) is 0 Å². The third-order valence-corrected chi connectivity index (χ3v) is 6.20. The van der Waals surface area contributed by atoms with Crippen molar-refractivity contribution < 1.29 is 14.7 Å². The molecular formula is C20H36N2O3. The maximum atomic E-state index is 12.8. The Balaban J connectivity index is 1.75. The van der Waals surface area contributed by atoms with Crippen molar-refractivity contribution in [3.05, 3.63) is 0 Å². The molecule has 0 bridgehead atoms. The smallest absolute Gasteiger partial charge is 0.317 e. The van der Waals surface area contributed by atoms with Gasteiger partial charge in [-0.25, -0.2) is 0 Å². The van der Waals surface area contributed by atoms with Crippen molar-refractivity contribution >= 4 is 11.9 Å². The van der Waals surface area contributed by atoms with E-state index in [-0.39, 0.29) is 12.5 Å². The first-order valence-corrected chi connectivity index (χ1v) is 10.3. The lowest BCUT2D eigenvalue weighted by atomic mass is 9.79. The molecule has 0 aromatic carbocycles. The molecule has 0 atom stereocenters. The van der Waals surface area contributed by atoms with Crippen LogP contribution in [-0.4, -0.2) is 59.0 Å². The van der Waals surface area contributed by atoms with E-state index in [1.165, 1.54) is 32.1 Å². The summed E-state index contributed by atoms with van der Waals surface area (Å²) in [6, 6.07) is 0.301. The molecule has 1 heterocycles. The highest BCUT2D eigenvalue weighted by Gasteiger charge is 2.32. The number of carbonyl (C=O) groups is 2. The van der Waals surface area contributed by atoms with Gasteiger partial charge in [0.05, 0.1) is 6.54 Å². The number of hydrogen-bond acceptors (Lipinski definition) is 3. The van der Waals surface area contributed by atoms with Gasteiger partial charge >= 0.3 is 5.97 Å². The zero-order chi connectivity index (χ0) is 18.2. The van der Waals surface area contributed by atoms with E-state index in [0.29, 0.717) is 11.9 Å². The maximum Gasteiger partial charge on any atom is 0.317 e. The van der Waals surface area contributed by atoms with Crippen LogP contribution < -0.4 is 0 Å². The minimum atomic E-state index is -0.764. The van der Waals surface area contributed by atoms with Gasteiger partial charge in [0.2, 0.25) is 5.91 Å². The molecule has 144 valence electrons. The number of nitrogens with zero attached hydrogens (tertiary/aromatic N) is 2. The topological polar surface area (TPSA) is 60.9 Å². The van der Waals surface area contributed by atoms with Gasteiger partial charge in [-0.2, -0.15) is 0 Å². The number of piperidine rings is 1.